The summed E-state index contributed by atoms with van der Waals surface area (Å²) < 4.78 is 26.9. The zero-order chi connectivity index (χ0) is 14.2. The van der Waals surface area contributed by atoms with Gasteiger partial charge >= 0.3 is 0 Å². The molecule has 2 aromatic rings. The molecule has 0 spiro atoms. The molecule has 1 heterocycles. The average Bonchev–Trinajstić information content (AvgIpc) is 2.34. The lowest BCUT2D eigenvalue weighted by molar-refractivity contribution is 0.102. The van der Waals surface area contributed by atoms with Gasteiger partial charge in [-0.2, -0.15) is 0 Å². The van der Waals surface area contributed by atoms with E-state index in [9.17, 15) is 13.6 Å². The first-order valence-corrected chi connectivity index (χ1v) is 5.91. The number of nitrogens with zero attached hydrogens (tertiary/aromatic N) is 1. The first kappa shape index (κ1) is 13.6. The van der Waals surface area contributed by atoms with Crippen LogP contribution in [0.1, 0.15) is 27.2 Å². The summed E-state index contributed by atoms with van der Waals surface area (Å²) in [6.45, 7) is 3.50. The number of aryl methyl sites for hydroxylation is 2. The fraction of sp³-hybridized carbons (Fsp3) is 0.143. The average molecular weight is 282 g/mol. The second-order valence-corrected chi connectivity index (χ2v) is 4.63. The number of hydrogen-bond donors (Lipinski definition) is 0. The monoisotopic (exact) mass is 281 g/mol. The Bertz CT molecular complexity index is 671. The number of aromatic nitrogens is 1. The predicted octanol–water partition coefficient (Wildman–Crippen LogP) is 3.86. The summed E-state index contributed by atoms with van der Waals surface area (Å²) in [6.07, 6.45) is 1.49. The molecule has 0 aliphatic carbocycles. The van der Waals surface area contributed by atoms with E-state index < -0.39 is 23.0 Å². The van der Waals surface area contributed by atoms with Crippen molar-refractivity contribution in [3.8, 4) is 0 Å². The van der Waals surface area contributed by atoms with Crippen LogP contribution >= 0.6 is 11.6 Å². The third-order valence-electron chi connectivity index (χ3n) is 2.70. The molecule has 2 nitrogen and oxygen atoms in total. The van der Waals surface area contributed by atoms with Crippen LogP contribution in [0.15, 0.2) is 24.4 Å². The van der Waals surface area contributed by atoms with E-state index in [2.05, 4.69) is 4.98 Å². The van der Waals surface area contributed by atoms with Crippen LogP contribution in [0.2, 0.25) is 5.02 Å². The van der Waals surface area contributed by atoms with Crippen LogP contribution in [0.3, 0.4) is 0 Å². The number of benzene rings is 1. The molecule has 0 unspecified atom stereocenters. The van der Waals surface area contributed by atoms with Crippen LogP contribution < -0.4 is 0 Å². The maximum absolute atomic E-state index is 13.7. The molecule has 0 atom stereocenters. The molecular weight excluding hydrogens is 272 g/mol. The summed E-state index contributed by atoms with van der Waals surface area (Å²) in [6, 6.07) is 3.77. The highest BCUT2D eigenvalue weighted by molar-refractivity contribution is 6.35. The lowest BCUT2D eigenvalue weighted by Gasteiger charge is -2.08. The Hall–Kier alpha value is -1.81. The topological polar surface area (TPSA) is 30.0 Å². The number of carbonyl (C=O) groups is 1. The lowest BCUT2D eigenvalue weighted by atomic mass is 10.0. The number of carbonyl (C=O) groups excluding carboxylic acids is 1. The Morgan fingerprint density at radius 1 is 1.26 bits per heavy atom. The number of halogens is 3. The van der Waals surface area contributed by atoms with Crippen molar-refractivity contribution in [3.05, 3.63) is 63.4 Å². The van der Waals surface area contributed by atoms with Crippen LogP contribution in [-0.4, -0.2) is 10.8 Å². The Kier molecular flexibility index (Phi) is 3.62. The highest BCUT2D eigenvalue weighted by Crippen LogP contribution is 2.25. The van der Waals surface area contributed by atoms with Gasteiger partial charge in [0.1, 0.15) is 5.69 Å². The first-order valence-electron chi connectivity index (χ1n) is 5.53. The van der Waals surface area contributed by atoms with Crippen molar-refractivity contribution in [2.75, 3.05) is 0 Å². The molecule has 98 valence electrons. The van der Waals surface area contributed by atoms with E-state index in [0.717, 1.165) is 17.7 Å². The van der Waals surface area contributed by atoms with Crippen LogP contribution in [0.4, 0.5) is 8.78 Å². The number of rotatable bonds is 2. The summed E-state index contributed by atoms with van der Waals surface area (Å²) in [7, 11) is 0. The summed E-state index contributed by atoms with van der Waals surface area (Å²) in [5.41, 5.74) is 1.04. The molecule has 2 rings (SSSR count). The van der Waals surface area contributed by atoms with E-state index in [1.807, 2.05) is 6.92 Å². The number of hydrogen-bond acceptors (Lipinski definition) is 2. The number of pyridine rings is 1. The minimum atomic E-state index is -1.25. The van der Waals surface area contributed by atoms with Crippen molar-refractivity contribution >= 4 is 17.4 Å². The van der Waals surface area contributed by atoms with Crippen LogP contribution in [0, 0.1) is 25.5 Å². The molecule has 1 aromatic heterocycles. The maximum atomic E-state index is 13.7. The van der Waals surface area contributed by atoms with Crippen molar-refractivity contribution < 1.29 is 13.6 Å². The summed E-state index contributed by atoms with van der Waals surface area (Å²) in [5, 5.41) is -0.134. The van der Waals surface area contributed by atoms with Gasteiger partial charge in [-0.15, -0.1) is 0 Å². The molecule has 0 amide bonds. The predicted molar refractivity (Wildman–Crippen MR) is 68.5 cm³/mol. The molecule has 0 N–H and O–H groups in total. The Balaban J connectivity index is 2.59. The van der Waals surface area contributed by atoms with E-state index >= 15 is 0 Å². The van der Waals surface area contributed by atoms with Gasteiger partial charge in [0.25, 0.3) is 0 Å². The van der Waals surface area contributed by atoms with Crippen molar-refractivity contribution in [1.29, 1.82) is 0 Å². The van der Waals surface area contributed by atoms with Crippen molar-refractivity contribution in [2.24, 2.45) is 0 Å². The fourth-order valence-corrected chi connectivity index (χ4v) is 2.04. The zero-order valence-electron chi connectivity index (χ0n) is 10.3. The largest absolute Gasteiger partial charge is 0.287 e. The molecule has 0 aliphatic rings. The second-order valence-electron chi connectivity index (χ2n) is 4.23. The minimum absolute atomic E-state index is 0.0667. The molecular formula is C14H10ClF2NO. The smallest absolute Gasteiger partial charge is 0.216 e. The van der Waals surface area contributed by atoms with Crippen LogP contribution in [0.5, 0.6) is 0 Å². The molecule has 0 fully saturated rings. The third kappa shape index (κ3) is 2.49. The molecule has 0 aliphatic heterocycles. The molecule has 0 saturated carbocycles. The van der Waals surface area contributed by atoms with Crippen molar-refractivity contribution in [2.45, 2.75) is 13.8 Å². The molecule has 19 heavy (non-hydrogen) atoms. The highest BCUT2D eigenvalue weighted by atomic mass is 35.5. The van der Waals surface area contributed by atoms with Gasteiger partial charge in [0.15, 0.2) is 11.6 Å². The highest BCUT2D eigenvalue weighted by Gasteiger charge is 2.23. The SMILES string of the molecule is Cc1cnc(C(=O)c2c(Cl)ccc(F)c2F)c(C)c1. The zero-order valence-corrected chi connectivity index (χ0v) is 11.1. The first-order chi connectivity index (χ1) is 8.91. The van der Waals surface area contributed by atoms with Crippen molar-refractivity contribution in [1.82, 2.24) is 4.98 Å². The molecule has 0 saturated heterocycles. The van der Waals surface area contributed by atoms with Crippen LogP contribution in [-0.2, 0) is 0 Å². The van der Waals surface area contributed by atoms with E-state index in [0.29, 0.717) is 5.56 Å². The van der Waals surface area contributed by atoms with E-state index in [1.165, 1.54) is 6.20 Å². The number of ketones is 1. The molecule has 0 bridgehead atoms. The molecule has 0 radical (unpaired) electrons. The fourth-order valence-electron chi connectivity index (χ4n) is 1.81. The van der Waals surface area contributed by atoms with Gasteiger partial charge in [-0.3, -0.25) is 9.78 Å². The molecule has 5 heteroatoms. The third-order valence-corrected chi connectivity index (χ3v) is 3.02. The standard InChI is InChI=1S/C14H10ClF2NO/c1-7-5-8(2)13(18-6-7)14(19)11-9(15)3-4-10(16)12(11)17/h3-6H,1-2H3. The van der Waals surface area contributed by atoms with Gasteiger partial charge in [-0.1, -0.05) is 17.7 Å². The maximum Gasteiger partial charge on any atom is 0.216 e. The van der Waals surface area contributed by atoms with E-state index in [4.69, 9.17) is 11.6 Å². The van der Waals surface area contributed by atoms with Gasteiger partial charge in [0, 0.05) is 6.20 Å². The second kappa shape index (κ2) is 5.05. The van der Waals surface area contributed by atoms with E-state index in [-0.39, 0.29) is 10.7 Å². The van der Waals surface area contributed by atoms with Crippen LogP contribution in [0.25, 0.3) is 0 Å². The van der Waals surface area contributed by atoms with Gasteiger partial charge in [-0.25, -0.2) is 8.78 Å². The summed E-state index contributed by atoms with van der Waals surface area (Å²) in [5.74, 6) is -3.09. The quantitative estimate of drug-likeness (QED) is 0.618. The Labute approximate surface area is 114 Å². The van der Waals surface area contributed by atoms with Crippen molar-refractivity contribution in [3.63, 3.8) is 0 Å². The van der Waals surface area contributed by atoms with E-state index in [1.54, 1.807) is 13.0 Å². The summed E-state index contributed by atoms with van der Waals surface area (Å²) in [4.78, 5) is 16.2. The molecule has 1 aromatic carbocycles. The van der Waals surface area contributed by atoms with Gasteiger partial charge in [0.2, 0.25) is 5.78 Å². The Morgan fingerprint density at radius 2 is 1.95 bits per heavy atom. The lowest BCUT2D eigenvalue weighted by Crippen LogP contribution is -2.11. The summed E-state index contributed by atoms with van der Waals surface area (Å²) >= 11 is 5.77. The van der Waals surface area contributed by atoms with Gasteiger partial charge in [0.05, 0.1) is 10.6 Å². The van der Waals surface area contributed by atoms with Gasteiger partial charge in [-0.05, 0) is 37.1 Å². The minimum Gasteiger partial charge on any atom is -0.287 e. The van der Waals surface area contributed by atoms with Gasteiger partial charge < -0.3 is 0 Å². The Morgan fingerprint density at radius 3 is 2.58 bits per heavy atom. The normalized spacial score (nSPS) is 10.6.